The van der Waals surface area contributed by atoms with Crippen molar-refractivity contribution in [3.05, 3.63) is 36.4 Å². The maximum absolute atomic E-state index is 8.53. The number of aromatic nitrogens is 4. The predicted molar refractivity (Wildman–Crippen MR) is 85.2 cm³/mol. The number of rotatable bonds is 6. The molecule has 0 saturated heterocycles. The van der Waals surface area contributed by atoms with E-state index in [4.69, 9.17) is 27.7 Å². The Morgan fingerprint density at radius 3 is 1.44 bits per heavy atom. The average Bonchev–Trinajstić information content (AvgIpc) is 3.10. The first-order valence-corrected chi connectivity index (χ1v) is 8.94. The molecule has 0 saturated carbocycles. The van der Waals surface area contributed by atoms with Crippen LogP contribution in [0.25, 0.3) is 0 Å². The molecule has 4 N–H and O–H groups in total. The fourth-order valence-electron chi connectivity index (χ4n) is 1.86. The fraction of sp³-hybridized carbons (Fsp3) is 0.571. The van der Waals surface area contributed by atoms with E-state index in [2.05, 4.69) is 9.97 Å². The Morgan fingerprint density at radius 2 is 1.24 bits per heavy atom. The minimum atomic E-state index is -5.17. The highest BCUT2D eigenvalue weighted by Crippen LogP contribution is 1.91. The molecule has 0 unspecified atom stereocenters. The van der Waals surface area contributed by atoms with Crippen LogP contribution in [0.5, 0.6) is 0 Å². The number of aryl methyl sites for hydroxylation is 4. The van der Waals surface area contributed by atoms with Crippen molar-refractivity contribution in [3.63, 3.8) is 0 Å². The predicted octanol–water partition coefficient (Wildman–Crippen LogP) is -1.81. The van der Waals surface area contributed by atoms with E-state index in [-0.39, 0.29) is 13.2 Å². The highest BCUT2D eigenvalue weighted by atomic mass is 32.3. The molecule has 2 rings (SSSR count). The van der Waals surface area contributed by atoms with E-state index in [1.165, 1.54) is 0 Å². The Morgan fingerprint density at radius 1 is 0.920 bits per heavy atom. The van der Waals surface area contributed by atoms with Gasteiger partial charge in [0.2, 0.25) is 0 Å². The van der Waals surface area contributed by atoms with Gasteiger partial charge >= 0.3 is 0 Å². The summed E-state index contributed by atoms with van der Waals surface area (Å²) < 4.78 is 38.1. The van der Waals surface area contributed by atoms with Crippen LogP contribution in [0.2, 0.25) is 0 Å². The van der Waals surface area contributed by atoms with Crippen molar-refractivity contribution >= 4 is 10.4 Å². The molecular weight excluding hydrogens is 352 g/mol. The number of hydrogen-bond acceptors (Lipinski definition) is 6. The molecule has 0 bridgehead atoms. The highest BCUT2D eigenvalue weighted by molar-refractivity contribution is 7.79. The normalized spacial score (nSPS) is 10.5. The van der Waals surface area contributed by atoms with Crippen LogP contribution in [0.4, 0.5) is 0 Å². The molecule has 0 amide bonds. The van der Waals surface area contributed by atoms with Crippen LogP contribution in [0.1, 0.15) is 24.5 Å². The van der Waals surface area contributed by atoms with Gasteiger partial charge < -0.3 is 19.3 Å². The summed E-state index contributed by atoms with van der Waals surface area (Å²) in [6, 6.07) is 0. The maximum atomic E-state index is 8.53. The van der Waals surface area contributed by atoms with Crippen LogP contribution in [-0.2, 0) is 37.3 Å². The quantitative estimate of drug-likeness (QED) is 0.263. The van der Waals surface area contributed by atoms with Crippen LogP contribution < -0.4 is 9.13 Å². The largest absolute Gasteiger partial charge is 0.759 e. The van der Waals surface area contributed by atoms with Gasteiger partial charge in [0.25, 0.3) is 11.6 Å². The molecular formula is C14H26N4O6S. The molecule has 11 heteroatoms. The number of imidazole rings is 2. The summed E-state index contributed by atoms with van der Waals surface area (Å²) in [7, 11) is -1.19. The molecule has 2 heterocycles. The van der Waals surface area contributed by atoms with Crippen molar-refractivity contribution in [2.75, 3.05) is 13.2 Å². The number of nitrogens with one attached hydrogen (secondary N) is 2. The zero-order chi connectivity index (χ0) is 19.3. The monoisotopic (exact) mass is 378 g/mol. The van der Waals surface area contributed by atoms with Gasteiger partial charge in [0, 0.05) is 23.6 Å². The first kappa shape index (κ1) is 23.2. The third kappa shape index (κ3) is 13.2. The summed E-state index contributed by atoms with van der Waals surface area (Å²) in [5, 5.41) is 17.1. The lowest BCUT2D eigenvalue weighted by Crippen LogP contribution is -2.30. The standard InChI is InChI=1S/2C7H12N2O.H2O4S/c2*1-9-5-4-8-7(9)3-2-6-10;1-5(2,3)4/h2*4-5,10H,2-3,6H2,1H3;(H2,1,2,3,4). The summed E-state index contributed by atoms with van der Waals surface area (Å²) in [4.78, 5) is 6.18. The van der Waals surface area contributed by atoms with Crippen LogP contribution in [0.15, 0.2) is 24.8 Å². The van der Waals surface area contributed by atoms with Crippen molar-refractivity contribution in [2.24, 2.45) is 14.1 Å². The Hall–Kier alpha value is -1.79. The number of hydrogen-bond donors (Lipinski definition) is 4. The van der Waals surface area contributed by atoms with Crippen LogP contribution in [0, 0.1) is 0 Å². The molecule has 0 radical (unpaired) electrons. The fourth-order valence-corrected chi connectivity index (χ4v) is 1.86. The molecule has 10 nitrogen and oxygen atoms in total. The Kier molecular flexibility index (Phi) is 11.7. The Labute approximate surface area is 147 Å². The van der Waals surface area contributed by atoms with E-state index < -0.39 is 10.4 Å². The van der Waals surface area contributed by atoms with Gasteiger partial charge in [-0.15, -0.1) is 0 Å². The molecule has 0 spiro atoms. The zero-order valence-electron chi connectivity index (χ0n) is 14.4. The summed E-state index contributed by atoms with van der Waals surface area (Å²) in [6.45, 7) is 0.526. The van der Waals surface area contributed by atoms with Crippen molar-refractivity contribution in [2.45, 2.75) is 25.7 Å². The van der Waals surface area contributed by atoms with Gasteiger partial charge in [0.15, 0.2) is 0 Å². The van der Waals surface area contributed by atoms with Gasteiger partial charge in [0.05, 0.1) is 26.9 Å². The third-order valence-corrected chi connectivity index (χ3v) is 3.09. The van der Waals surface area contributed by atoms with Crippen LogP contribution in [-0.4, -0.2) is 50.9 Å². The SMILES string of the molecule is C[n+]1cc[nH]c1CCCO.C[n+]1cc[nH]c1CCCO.O=S(=O)([O-])[O-]. The molecule has 0 atom stereocenters. The lowest BCUT2D eigenvalue weighted by Gasteiger charge is -2.06. The first-order valence-electron chi connectivity index (χ1n) is 7.61. The van der Waals surface area contributed by atoms with Crippen LogP contribution in [0.3, 0.4) is 0 Å². The number of aromatic amines is 2. The van der Waals surface area contributed by atoms with Gasteiger partial charge in [-0.3, -0.25) is 8.42 Å². The van der Waals surface area contributed by atoms with E-state index in [0.717, 1.165) is 37.3 Å². The third-order valence-electron chi connectivity index (χ3n) is 3.09. The molecule has 0 aromatic carbocycles. The highest BCUT2D eigenvalue weighted by Gasteiger charge is 2.04. The van der Waals surface area contributed by atoms with Crippen molar-refractivity contribution in [1.29, 1.82) is 0 Å². The number of aliphatic hydroxyl groups excluding tert-OH is 2. The molecule has 144 valence electrons. The van der Waals surface area contributed by atoms with E-state index >= 15 is 0 Å². The minimum Gasteiger partial charge on any atom is -0.759 e. The van der Waals surface area contributed by atoms with Gasteiger partial charge in [-0.1, -0.05) is 0 Å². The second-order valence-corrected chi connectivity index (χ2v) is 5.91. The summed E-state index contributed by atoms with van der Waals surface area (Å²) in [6.07, 6.45) is 11.2. The first-order chi connectivity index (χ1) is 11.7. The smallest absolute Gasteiger partial charge is 0.254 e. The summed E-state index contributed by atoms with van der Waals surface area (Å²) in [5.41, 5.74) is 0. The van der Waals surface area contributed by atoms with Gasteiger partial charge in [-0.05, 0) is 12.8 Å². The lowest BCUT2D eigenvalue weighted by atomic mass is 10.3. The van der Waals surface area contributed by atoms with Gasteiger partial charge in [-0.25, -0.2) is 19.1 Å². The molecule has 25 heavy (non-hydrogen) atoms. The average molecular weight is 378 g/mol. The molecule has 2 aromatic heterocycles. The second-order valence-electron chi connectivity index (χ2n) is 5.10. The molecule has 0 aliphatic heterocycles. The summed E-state index contributed by atoms with van der Waals surface area (Å²) in [5.74, 6) is 2.32. The van der Waals surface area contributed by atoms with Crippen LogP contribution >= 0.6 is 0 Å². The molecule has 2 aromatic rings. The van der Waals surface area contributed by atoms with Crippen molar-refractivity contribution in [1.82, 2.24) is 9.97 Å². The van der Waals surface area contributed by atoms with E-state index in [9.17, 15) is 0 Å². The Bertz CT molecular complexity index is 631. The zero-order valence-corrected chi connectivity index (χ0v) is 15.2. The lowest BCUT2D eigenvalue weighted by molar-refractivity contribution is -0.678. The molecule has 0 fully saturated rings. The minimum absolute atomic E-state index is 0.263. The number of aliphatic hydroxyl groups is 2. The number of H-pyrrole nitrogens is 2. The second kappa shape index (κ2) is 12.6. The summed E-state index contributed by atoms with van der Waals surface area (Å²) >= 11 is 0. The van der Waals surface area contributed by atoms with Crippen molar-refractivity contribution in [3.8, 4) is 0 Å². The van der Waals surface area contributed by atoms with E-state index in [0.29, 0.717) is 0 Å². The van der Waals surface area contributed by atoms with Crippen molar-refractivity contribution < 1.29 is 36.9 Å². The van der Waals surface area contributed by atoms with Gasteiger partial charge in [-0.2, -0.15) is 0 Å². The topological polar surface area (TPSA) is 160 Å². The van der Waals surface area contributed by atoms with E-state index in [1.807, 2.05) is 48.0 Å². The van der Waals surface area contributed by atoms with Gasteiger partial charge in [0.1, 0.15) is 24.8 Å². The molecule has 0 aliphatic carbocycles. The Balaban J connectivity index is 0.000000368. The maximum Gasteiger partial charge on any atom is 0.254 e. The molecule has 0 aliphatic rings. The van der Waals surface area contributed by atoms with E-state index in [1.54, 1.807) is 0 Å². The number of nitrogens with zero attached hydrogens (tertiary/aromatic N) is 2.